The Balaban J connectivity index is 1.44. The third kappa shape index (κ3) is 3.79. The van der Waals surface area contributed by atoms with Gasteiger partial charge in [-0.2, -0.15) is 0 Å². The predicted molar refractivity (Wildman–Crippen MR) is 89.7 cm³/mol. The number of amides is 1. The van der Waals surface area contributed by atoms with E-state index in [2.05, 4.69) is 5.32 Å². The summed E-state index contributed by atoms with van der Waals surface area (Å²) < 4.78 is 11.4. The number of piperidine rings is 1. The fourth-order valence-electron chi connectivity index (χ4n) is 3.14. The van der Waals surface area contributed by atoms with E-state index in [1.807, 2.05) is 30.0 Å². The summed E-state index contributed by atoms with van der Waals surface area (Å²) in [5, 5.41) is 4.03. The molecular weight excluding hydrogens is 316 g/mol. The van der Waals surface area contributed by atoms with E-state index in [1.54, 1.807) is 0 Å². The van der Waals surface area contributed by atoms with Crippen LogP contribution in [0.25, 0.3) is 0 Å². The van der Waals surface area contributed by atoms with Gasteiger partial charge in [0.1, 0.15) is 0 Å². The van der Waals surface area contributed by atoms with Crippen LogP contribution in [0.5, 0.6) is 0 Å². The molecule has 6 heteroatoms. The Kier molecular flexibility index (Phi) is 5.09. The van der Waals surface area contributed by atoms with Crippen LogP contribution < -0.4 is 5.32 Å². The maximum atomic E-state index is 12.3. The number of carbonyl (C=O) groups is 1. The third-order valence-corrected chi connectivity index (χ3v) is 5.02. The lowest BCUT2D eigenvalue weighted by molar-refractivity contribution is -0.187. The second-order valence-corrected chi connectivity index (χ2v) is 6.48. The van der Waals surface area contributed by atoms with Crippen molar-refractivity contribution in [2.24, 2.45) is 0 Å². The van der Waals surface area contributed by atoms with Gasteiger partial charge in [0.15, 0.2) is 5.79 Å². The minimum Gasteiger partial charge on any atom is -0.384 e. The average Bonchev–Trinajstić information content (AvgIpc) is 3.00. The molecule has 0 saturated carbocycles. The van der Waals surface area contributed by atoms with E-state index in [0.717, 1.165) is 29.1 Å². The van der Waals surface area contributed by atoms with Gasteiger partial charge in [0.25, 0.3) is 0 Å². The van der Waals surface area contributed by atoms with Crippen molar-refractivity contribution in [2.45, 2.75) is 32.0 Å². The van der Waals surface area contributed by atoms with Gasteiger partial charge in [0.2, 0.25) is 5.91 Å². The molecule has 23 heavy (non-hydrogen) atoms. The number of nitrogens with one attached hydrogen (secondary N) is 1. The standard InChI is InChI=1S/C17H23ClN2O3/c1-13-14(18)3-2-4-15(13)19-8-5-16(21)20-9-6-17(7-10-20)22-11-12-23-17/h2-4,19H,5-12H2,1H3. The monoisotopic (exact) mass is 338 g/mol. The number of likely N-dealkylation sites (tertiary alicyclic amines) is 1. The molecule has 2 fully saturated rings. The molecule has 126 valence electrons. The van der Waals surface area contributed by atoms with Crippen LogP contribution >= 0.6 is 11.6 Å². The Hall–Kier alpha value is -1.30. The Morgan fingerprint density at radius 3 is 2.70 bits per heavy atom. The van der Waals surface area contributed by atoms with E-state index in [-0.39, 0.29) is 5.91 Å². The molecule has 1 aromatic rings. The number of hydrogen-bond donors (Lipinski definition) is 1. The molecule has 5 nitrogen and oxygen atoms in total. The Labute approximate surface area is 141 Å². The van der Waals surface area contributed by atoms with E-state index >= 15 is 0 Å². The van der Waals surface area contributed by atoms with Gasteiger partial charge < -0.3 is 19.7 Å². The zero-order valence-corrected chi connectivity index (χ0v) is 14.2. The number of anilines is 1. The van der Waals surface area contributed by atoms with Crippen molar-refractivity contribution >= 4 is 23.2 Å². The minimum absolute atomic E-state index is 0.171. The first kappa shape index (κ1) is 16.6. The summed E-state index contributed by atoms with van der Waals surface area (Å²) in [7, 11) is 0. The van der Waals surface area contributed by atoms with E-state index in [4.69, 9.17) is 21.1 Å². The van der Waals surface area contributed by atoms with Crippen molar-refractivity contribution in [1.82, 2.24) is 4.90 Å². The van der Waals surface area contributed by atoms with Crippen LogP contribution in [0.4, 0.5) is 5.69 Å². The highest BCUT2D eigenvalue weighted by Crippen LogP contribution is 2.31. The highest BCUT2D eigenvalue weighted by Gasteiger charge is 2.40. The predicted octanol–water partition coefficient (Wildman–Crippen LogP) is 2.82. The Morgan fingerprint density at radius 2 is 2.00 bits per heavy atom. The Bertz CT molecular complexity index is 563. The van der Waals surface area contributed by atoms with Gasteiger partial charge in [0.05, 0.1) is 13.2 Å². The first-order valence-electron chi connectivity index (χ1n) is 8.14. The molecule has 1 spiro atoms. The van der Waals surface area contributed by atoms with Gasteiger partial charge in [-0.1, -0.05) is 17.7 Å². The molecule has 0 aliphatic carbocycles. The zero-order valence-electron chi connectivity index (χ0n) is 13.4. The molecule has 2 aliphatic rings. The molecule has 0 aromatic heterocycles. The number of nitrogens with zero attached hydrogens (tertiary/aromatic N) is 1. The SMILES string of the molecule is Cc1c(Cl)cccc1NCCC(=O)N1CCC2(CC1)OCCO2. The number of carbonyl (C=O) groups excluding carboxylic acids is 1. The molecule has 2 saturated heterocycles. The normalized spacial score (nSPS) is 20.0. The van der Waals surface area contributed by atoms with E-state index < -0.39 is 5.79 Å². The van der Waals surface area contributed by atoms with E-state index in [1.165, 1.54) is 0 Å². The summed E-state index contributed by atoms with van der Waals surface area (Å²) in [5.41, 5.74) is 1.99. The van der Waals surface area contributed by atoms with Crippen molar-refractivity contribution in [3.8, 4) is 0 Å². The van der Waals surface area contributed by atoms with Crippen LogP contribution in [0, 0.1) is 6.92 Å². The van der Waals surface area contributed by atoms with E-state index in [9.17, 15) is 4.79 Å². The Morgan fingerprint density at radius 1 is 1.30 bits per heavy atom. The molecule has 1 amide bonds. The number of benzene rings is 1. The van der Waals surface area contributed by atoms with Crippen LogP contribution in [0.2, 0.25) is 5.02 Å². The maximum absolute atomic E-state index is 12.3. The van der Waals surface area contributed by atoms with Crippen LogP contribution in [0.1, 0.15) is 24.8 Å². The number of rotatable bonds is 4. The zero-order chi connectivity index (χ0) is 16.3. The quantitative estimate of drug-likeness (QED) is 0.917. The molecule has 1 aromatic carbocycles. The second-order valence-electron chi connectivity index (χ2n) is 6.08. The van der Waals surface area contributed by atoms with Gasteiger partial charge in [-0.05, 0) is 24.6 Å². The molecule has 0 radical (unpaired) electrons. The van der Waals surface area contributed by atoms with Gasteiger partial charge in [-0.15, -0.1) is 0 Å². The fraction of sp³-hybridized carbons (Fsp3) is 0.588. The largest absolute Gasteiger partial charge is 0.384 e. The van der Waals surface area contributed by atoms with Crippen LogP contribution in [-0.2, 0) is 14.3 Å². The molecule has 0 bridgehead atoms. The van der Waals surface area contributed by atoms with Crippen molar-refractivity contribution in [3.05, 3.63) is 28.8 Å². The molecule has 2 aliphatic heterocycles. The summed E-state index contributed by atoms with van der Waals surface area (Å²) in [6.45, 7) is 5.31. The fourth-order valence-corrected chi connectivity index (χ4v) is 3.32. The van der Waals surface area contributed by atoms with Crippen molar-refractivity contribution in [1.29, 1.82) is 0 Å². The lowest BCUT2D eigenvalue weighted by atomic mass is 10.0. The topological polar surface area (TPSA) is 50.8 Å². The third-order valence-electron chi connectivity index (χ3n) is 4.61. The first-order valence-corrected chi connectivity index (χ1v) is 8.52. The first-order chi connectivity index (χ1) is 11.1. The molecular formula is C17H23ClN2O3. The number of hydrogen-bond acceptors (Lipinski definition) is 4. The van der Waals surface area contributed by atoms with Crippen LogP contribution in [0.3, 0.4) is 0 Å². The summed E-state index contributed by atoms with van der Waals surface area (Å²) in [4.78, 5) is 14.2. The van der Waals surface area contributed by atoms with Crippen molar-refractivity contribution in [2.75, 3.05) is 38.2 Å². The summed E-state index contributed by atoms with van der Waals surface area (Å²) in [5.74, 6) is -0.252. The van der Waals surface area contributed by atoms with Crippen LogP contribution in [0.15, 0.2) is 18.2 Å². The molecule has 3 rings (SSSR count). The minimum atomic E-state index is -0.424. The van der Waals surface area contributed by atoms with Gasteiger partial charge in [0, 0.05) is 49.6 Å². The highest BCUT2D eigenvalue weighted by molar-refractivity contribution is 6.31. The molecule has 1 N–H and O–H groups in total. The van der Waals surface area contributed by atoms with Gasteiger partial charge in [-0.25, -0.2) is 0 Å². The van der Waals surface area contributed by atoms with Gasteiger partial charge in [-0.3, -0.25) is 4.79 Å². The van der Waals surface area contributed by atoms with Gasteiger partial charge >= 0.3 is 0 Å². The average molecular weight is 339 g/mol. The summed E-state index contributed by atoms with van der Waals surface area (Å²) in [6, 6.07) is 5.75. The lowest BCUT2D eigenvalue weighted by Gasteiger charge is -2.37. The summed E-state index contributed by atoms with van der Waals surface area (Å²) >= 11 is 6.10. The maximum Gasteiger partial charge on any atom is 0.224 e. The summed E-state index contributed by atoms with van der Waals surface area (Å²) in [6.07, 6.45) is 2.00. The van der Waals surface area contributed by atoms with E-state index in [0.29, 0.717) is 39.3 Å². The lowest BCUT2D eigenvalue weighted by Crippen LogP contribution is -2.47. The second kappa shape index (κ2) is 7.07. The van der Waals surface area contributed by atoms with Crippen molar-refractivity contribution in [3.63, 3.8) is 0 Å². The molecule has 2 heterocycles. The molecule has 0 atom stereocenters. The number of halogens is 1. The smallest absolute Gasteiger partial charge is 0.224 e. The van der Waals surface area contributed by atoms with Crippen molar-refractivity contribution < 1.29 is 14.3 Å². The van der Waals surface area contributed by atoms with Crippen LogP contribution in [-0.4, -0.2) is 49.4 Å². The molecule has 0 unspecified atom stereocenters. The highest BCUT2D eigenvalue weighted by atomic mass is 35.5. The number of ether oxygens (including phenoxy) is 2.